The first-order valence-corrected chi connectivity index (χ1v) is 9.26. The summed E-state index contributed by atoms with van der Waals surface area (Å²) in [5.74, 6) is 0. The fraction of sp³-hybridized carbons (Fsp3) is 0.455. The molecule has 1 aliphatic carbocycles. The Bertz CT molecular complexity index is 727. The first kappa shape index (κ1) is 17.0. The van der Waals surface area contributed by atoms with Crippen molar-refractivity contribution in [3.05, 3.63) is 53.1 Å². The highest BCUT2D eigenvalue weighted by Crippen LogP contribution is 2.49. The summed E-state index contributed by atoms with van der Waals surface area (Å²) in [4.78, 5) is 2.42. The Labute approximate surface area is 146 Å². The summed E-state index contributed by atoms with van der Waals surface area (Å²) in [6, 6.07) is 14.0. The van der Waals surface area contributed by atoms with Gasteiger partial charge in [0.15, 0.2) is 0 Å². The molecule has 0 fully saturated rings. The van der Waals surface area contributed by atoms with Crippen LogP contribution in [0.15, 0.2) is 36.4 Å². The first-order chi connectivity index (χ1) is 11.5. The summed E-state index contributed by atoms with van der Waals surface area (Å²) in [5, 5.41) is 0. The maximum Gasteiger partial charge on any atom is 0.0369 e. The second kappa shape index (κ2) is 6.60. The lowest BCUT2D eigenvalue weighted by atomic mass is 9.81. The Hall–Kier alpha value is -1.80. The largest absolute Gasteiger partial charge is 0.372 e. The van der Waals surface area contributed by atoms with E-state index < -0.39 is 0 Å². The second-order valence-corrected chi connectivity index (χ2v) is 7.30. The number of benzene rings is 2. The van der Waals surface area contributed by atoms with Crippen molar-refractivity contribution >= 4 is 5.69 Å². The molecule has 0 amide bonds. The molecule has 0 atom stereocenters. The molecule has 0 heterocycles. The van der Waals surface area contributed by atoms with E-state index in [-0.39, 0.29) is 5.41 Å². The summed E-state index contributed by atoms with van der Waals surface area (Å²) in [7, 11) is 0. The first-order valence-electron chi connectivity index (χ1n) is 9.26. The molecule has 0 bridgehead atoms. The van der Waals surface area contributed by atoms with Gasteiger partial charge in [-0.1, -0.05) is 38.1 Å². The molecule has 2 aromatic rings. The highest BCUT2D eigenvalue weighted by molar-refractivity contribution is 5.82. The van der Waals surface area contributed by atoms with E-state index in [9.17, 15) is 0 Å². The fourth-order valence-corrected chi connectivity index (χ4v) is 4.02. The number of rotatable bonds is 6. The molecule has 24 heavy (non-hydrogen) atoms. The van der Waals surface area contributed by atoms with Crippen molar-refractivity contribution in [2.24, 2.45) is 5.73 Å². The number of fused-ring (bicyclic) bond motifs is 3. The van der Waals surface area contributed by atoms with Gasteiger partial charge in [0.1, 0.15) is 0 Å². The van der Waals surface area contributed by atoms with E-state index in [1.807, 2.05) is 0 Å². The van der Waals surface area contributed by atoms with Gasteiger partial charge < -0.3 is 10.6 Å². The van der Waals surface area contributed by atoms with Crippen molar-refractivity contribution in [1.29, 1.82) is 0 Å². The second-order valence-electron chi connectivity index (χ2n) is 7.30. The molecule has 128 valence electrons. The molecule has 0 aromatic heterocycles. The third kappa shape index (κ3) is 2.73. The molecule has 1 aliphatic rings. The minimum absolute atomic E-state index is 0.0621. The molecular formula is C22H30N2. The van der Waals surface area contributed by atoms with Crippen molar-refractivity contribution < 1.29 is 0 Å². The van der Waals surface area contributed by atoms with Crippen LogP contribution in [0.2, 0.25) is 0 Å². The van der Waals surface area contributed by atoms with Crippen molar-refractivity contribution in [2.45, 2.75) is 46.0 Å². The average Bonchev–Trinajstić information content (AvgIpc) is 2.82. The maximum absolute atomic E-state index is 5.68. The molecule has 0 saturated heterocycles. The third-order valence-corrected chi connectivity index (χ3v) is 5.52. The summed E-state index contributed by atoms with van der Waals surface area (Å²) >= 11 is 0. The number of nitrogens with zero attached hydrogens (tertiary/aromatic N) is 1. The third-order valence-electron chi connectivity index (χ3n) is 5.52. The number of anilines is 1. The van der Waals surface area contributed by atoms with Gasteiger partial charge in [-0.15, -0.1) is 0 Å². The van der Waals surface area contributed by atoms with Crippen LogP contribution in [-0.4, -0.2) is 19.6 Å². The minimum Gasteiger partial charge on any atom is -0.372 e. The van der Waals surface area contributed by atoms with Crippen LogP contribution in [0.25, 0.3) is 11.1 Å². The predicted molar refractivity (Wildman–Crippen MR) is 105 cm³/mol. The molecule has 2 heteroatoms. The summed E-state index contributed by atoms with van der Waals surface area (Å²) in [6.07, 6.45) is 2.12. The topological polar surface area (TPSA) is 29.3 Å². The normalized spacial score (nSPS) is 14.4. The van der Waals surface area contributed by atoms with Crippen LogP contribution in [0, 0.1) is 0 Å². The van der Waals surface area contributed by atoms with Gasteiger partial charge in [-0.25, -0.2) is 0 Å². The summed E-state index contributed by atoms with van der Waals surface area (Å²) in [5.41, 5.74) is 14.2. The fourth-order valence-electron chi connectivity index (χ4n) is 4.02. The summed E-state index contributed by atoms with van der Waals surface area (Å²) in [6.45, 7) is 12.0. The van der Waals surface area contributed by atoms with Gasteiger partial charge in [-0.2, -0.15) is 0 Å². The van der Waals surface area contributed by atoms with Crippen LogP contribution in [0.5, 0.6) is 0 Å². The highest BCUT2D eigenvalue weighted by atomic mass is 15.1. The van der Waals surface area contributed by atoms with Crippen LogP contribution < -0.4 is 10.6 Å². The molecule has 0 unspecified atom stereocenters. The van der Waals surface area contributed by atoms with E-state index in [0.29, 0.717) is 0 Å². The van der Waals surface area contributed by atoms with Gasteiger partial charge in [0, 0.05) is 24.2 Å². The highest BCUT2D eigenvalue weighted by Gasteiger charge is 2.35. The van der Waals surface area contributed by atoms with Crippen LogP contribution in [-0.2, 0) is 11.8 Å². The molecule has 0 radical (unpaired) electrons. The SMILES string of the molecule is CCN(CC)c1ccc2c(c1)C(C)(C)c1cc(CCCN)ccc1-2. The molecule has 2 aromatic carbocycles. The lowest BCUT2D eigenvalue weighted by Gasteiger charge is -2.26. The van der Waals surface area contributed by atoms with Gasteiger partial charge in [-0.05, 0) is 73.2 Å². The van der Waals surface area contributed by atoms with Crippen LogP contribution in [0.4, 0.5) is 5.69 Å². The number of hydrogen-bond donors (Lipinski definition) is 1. The van der Waals surface area contributed by atoms with Gasteiger partial charge in [0.2, 0.25) is 0 Å². The predicted octanol–water partition coefficient (Wildman–Crippen LogP) is 4.73. The lowest BCUT2D eigenvalue weighted by Crippen LogP contribution is -2.23. The molecule has 0 aliphatic heterocycles. The van der Waals surface area contributed by atoms with E-state index >= 15 is 0 Å². The zero-order valence-electron chi connectivity index (χ0n) is 15.5. The van der Waals surface area contributed by atoms with Gasteiger partial charge in [-0.3, -0.25) is 0 Å². The zero-order valence-corrected chi connectivity index (χ0v) is 15.5. The van der Waals surface area contributed by atoms with E-state index in [2.05, 4.69) is 69.0 Å². The van der Waals surface area contributed by atoms with E-state index in [1.54, 1.807) is 0 Å². The molecule has 2 nitrogen and oxygen atoms in total. The Morgan fingerprint density at radius 1 is 0.917 bits per heavy atom. The Kier molecular flexibility index (Phi) is 4.69. The Balaban J connectivity index is 2.05. The molecule has 2 N–H and O–H groups in total. The molecule has 0 saturated carbocycles. The van der Waals surface area contributed by atoms with E-state index in [1.165, 1.54) is 33.5 Å². The van der Waals surface area contributed by atoms with Gasteiger partial charge >= 0.3 is 0 Å². The van der Waals surface area contributed by atoms with Crippen molar-refractivity contribution in [3.63, 3.8) is 0 Å². The van der Waals surface area contributed by atoms with Crippen LogP contribution in [0.3, 0.4) is 0 Å². The van der Waals surface area contributed by atoms with Gasteiger partial charge in [0.05, 0.1) is 0 Å². The van der Waals surface area contributed by atoms with E-state index in [4.69, 9.17) is 5.73 Å². The monoisotopic (exact) mass is 322 g/mol. The van der Waals surface area contributed by atoms with Crippen LogP contribution >= 0.6 is 0 Å². The number of aryl methyl sites for hydroxylation is 1. The summed E-state index contributed by atoms with van der Waals surface area (Å²) < 4.78 is 0. The van der Waals surface area contributed by atoms with Crippen molar-refractivity contribution in [2.75, 3.05) is 24.5 Å². The van der Waals surface area contributed by atoms with Crippen molar-refractivity contribution in [1.82, 2.24) is 0 Å². The van der Waals surface area contributed by atoms with Gasteiger partial charge in [0.25, 0.3) is 0 Å². The molecular weight excluding hydrogens is 292 g/mol. The van der Waals surface area contributed by atoms with E-state index in [0.717, 1.165) is 32.5 Å². The molecule has 3 rings (SSSR count). The molecule has 0 spiro atoms. The smallest absolute Gasteiger partial charge is 0.0369 e. The standard InChI is InChI=1S/C22H30N2/c1-5-24(6-2)17-10-12-19-18-11-9-16(8-7-13-23)14-20(18)22(3,4)21(19)15-17/h9-12,14-15H,5-8,13,23H2,1-4H3. The zero-order chi connectivity index (χ0) is 17.3. The maximum atomic E-state index is 5.68. The number of nitrogens with two attached hydrogens (primary N) is 1. The van der Waals surface area contributed by atoms with Crippen LogP contribution in [0.1, 0.15) is 50.8 Å². The minimum atomic E-state index is 0.0621. The van der Waals surface area contributed by atoms with Crippen molar-refractivity contribution in [3.8, 4) is 11.1 Å². The lowest BCUT2D eigenvalue weighted by molar-refractivity contribution is 0.658. The number of hydrogen-bond acceptors (Lipinski definition) is 2. The Morgan fingerprint density at radius 3 is 2.17 bits per heavy atom. The Morgan fingerprint density at radius 2 is 1.54 bits per heavy atom. The average molecular weight is 322 g/mol. The quantitative estimate of drug-likeness (QED) is 0.833.